The number of fused-ring (bicyclic) bond motifs is 6. The van der Waals surface area contributed by atoms with Crippen molar-refractivity contribution in [2.45, 2.75) is 177 Å². The van der Waals surface area contributed by atoms with E-state index < -0.39 is 52.7 Å². The van der Waals surface area contributed by atoms with Gasteiger partial charge in [0.2, 0.25) is 5.79 Å². The number of nitrogens with one attached hydrogen (secondary N) is 1. The molecule has 14 atom stereocenters. The molecule has 0 radical (unpaired) electrons. The third kappa shape index (κ3) is 6.17. The van der Waals surface area contributed by atoms with Crippen molar-refractivity contribution in [3.05, 3.63) is 35.6 Å². The molecule has 0 unspecified atom stereocenters. The van der Waals surface area contributed by atoms with Gasteiger partial charge in [0.05, 0.1) is 24.4 Å². The molecule has 0 saturated carbocycles. The van der Waals surface area contributed by atoms with Crippen molar-refractivity contribution in [1.82, 2.24) is 5.32 Å². The van der Waals surface area contributed by atoms with Crippen molar-refractivity contribution in [3.63, 3.8) is 0 Å². The van der Waals surface area contributed by atoms with Gasteiger partial charge in [-0.2, -0.15) is 0 Å². The van der Waals surface area contributed by atoms with Crippen LogP contribution < -0.4 is 5.32 Å². The second-order valence-corrected chi connectivity index (χ2v) is 18.2. The largest absolute Gasteiger partial charge is 0.478 e. The number of aliphatic hydroxyl groups is 2. The van der Waals surface area contributed by atoms with Gasteiger partial charge in [0, 0.05) is 61.3 Å². The maximum Gasteiger partial charge on any atom is 0.331 e. The number of allylic oxidation sites excluding steroid dienone is 2. The first-order valence-corrected chi connectivity index (χ1v) is 20.0. The summed E-state index contributed by atoms with van der Waals surface area (Å²) in [6.07, 6.45) is 12.4. The third-order valence-corrected chi connectivity index (χ3v) is 14.6. The zero-order valence-corrected chi connectivity index (χ0v) is 31.2. The topological polar surface area (TPSA) is 136 Å². The Kier molecular flexibility index (Phi) is 9.17. The van der Waals surface area contributed by atoms with Crippen molar-refractivity contribution < 1.29 is 43.8 Å². The van der Waals surface area contributed by atoms with E-state index >= 15 is 0 Å². The van der Waals surface area contributed by atoms with Crippen LogP contribution >= 0.6 is 0 Å². The summed E-state index contributed by atoms with van der Waals surface area (Å²) in [5.74, 6) is -3.46. The second-order valence-electron chi connectivity index (χ2n) is 18.2. The number of carboxylic acid groups (broad SMARTS) is 1. The Morgan fingerprint density at radius 2 is 1.69 bits per heavy atom. The summed E-state index contributed by atoms with van der Waals surface area (Å²) in [5, 5.41) is 37.7. The smallest absolute Gasteiger partial charge is 0.331 e. The lowest BCUT2D eigenvalue weighted by atomic mass is 9.59. The summed E-state index contributed by atoms with van der Waals surface area (Å²) in [4.78, 5) is 12.6. The summed E-state index contributed by atoms with van der Waals surface area (Å²) >= 11 is 0. The fraction of sp³-hybridized carbons (Fsp3) is 0.829. The highest BCUT2D eigenvalue weighted by Crippen LogP contribution is 2.59. The van der Waals surface area contributed by atoms with E-state index in [1.807, 2.05) is 13.0 Å². The molecule has 4 spiro atoms. The number of aliphatic hydroxyl groups excluding tert-OH is 1. The molecular weight excluding hydrogens is 650 g/mol. The predicted molar refractivity (Wildman–Crippen MR) is 189 cm³/mol. The van der Waals surface area contributed by atoms with Gasteiger partial charge in [0.15, 0.2) is 11.6 Å². The molecule has 10 heteroatoms. The maximum atomic E-state index is 12.6. The fourth-order valence-electron chi connectivity index (χ4n) is 11.4. The van der Waals surface area contributed by atoms with Gasteiger partial charge in [-0.15, -0.1) is 0 Å². The third-order valence-electron chi connectivity index (χ3n) is 14.6. The van der Waals surface area contributed by atoms with E-state index in [0.717, 1.165) is 62.8 Å². The van der Waals surface area contributed by atoms with Crippen LogP contribution in [0.4, 0.5) is 0 Å². The average molecular weight is 712 g/mol. The number of carboxylic acids is 1. The molecule has 6 fully saturated rings. The minimum Gasteiger partial charge on any atom is -0.478 e. The highest BCUT2D eigenvalue weighted by molar-refractivity contribution is 5.86. The maximum absolute atomic E-state index is 12.6. The molecule has 51 heavy (non-hydrogen) atoms. The molecule has 0 aromatic rings. The molecule has 4 N–H and O–H groups in total. The van der Waals surface area contributed by atoms with Crippen molar-refractivity contribution >= 4 is 5.97 Å². The molecule has 7 aliphatic heterocycles. The molecule has 1 aliphatic carbocycles. The molecular formula is C41H61NO9. The number of carbonyl (C=O) groups is 1. The normalized spacial score (nSPS) is 52.7. The Hall–Kier alpha value is -1.79. The molecule has 0 amide bonds. The van der Waals surface area contributed by atoms with Gasteiger partial charge in [-0.3, -0.25) is 0 Å². The molecule has 7 bridgehead atoms. The van der Waals surface area contributed by atoms with Crippen LogP contribution in [-0.2, 0) is 28.5 Å². The first kappa shape index (κ1) is 36.2. The van der Waals surface area contributed by atoms with Crippen molar-refractivity contribution in [3.8, 4) is 0 Å². The Bertz CT molecular complexity index is 1460. The van der Waals surface area contributed by atoms with Crippen LogP contribution in [0.15, 0.2) is 35.6 Å². The van der Waals surface area contributed by atoms with Crippen LogP contribution in [0.1, 0.15) is 124 Å². The molecule has 6 saturated heterocycles. The molecule has 7 heterocycles. The minimum atomic E-state index is -1.15. The summed E-state index contributed by atoms with van der Waals surface area (Å²) in [5.41, 5.74) is 1.11. The van der Waals surface area contributed by atoms with Gasteiger partial charge in [-0.25, -0.2) is 4.79 Å². The number of aliphatic carboxylic acids is 1. The highest BCUT2D eigenvalue weighted by atomic mass is 16.8. The zero-order chi connectivity index (χ0) is 36.0. The standard InChI is InChI=1S/C41H61NO9/c1-24-8-6-10-32-38(20-25(2)27(4)23-42-32)15-11-28(36(44)45)19-31(38)34-35-33(43)26(3)21-40(49-34,50-35)22-30-9-7-13-39(47-30)16-17-41(51-39)37(5,46)14-12-29(18-24)48-41/h10,19,25-27,29-31,33-35,42-43,46H,1,6-9,11-18,20-23H2,2-5H3,(H,44,45)/b32-10-/t25-,26+,27-,29-,30+,31+,33+,34-,35+,37+,38+,39+,40+,41+/m0/s1. The lowest BCUT2D eigenvalue weighted by Crippen LogP contribution is -2.60. The second kappa shape index (κ2) is 12.9. The van der Waals surface area contributed by atoms with E-state index in [9.17, 15) is 20.1 Å². The molecule has 8 rings (SSSR count). The van der Waals surface area contributed by atoms with Crippen LogP contribution in [-0.4, -0.2) is 81.3 Å². The molecule has 284 valence electrons. The first-order valence-electron chi connectivity index (χ1n) is 20.0. The van der Waals surface area contributed by atoms with E-state index in [0.29, 0.717) is 68.8 Å². The number of ether oxygens (including phenoxy) is 5. The van der Waals surface area contributed by atoms with E-state index in [1.54, 1.807) is 0 Å². The molecule has 0 aromatic heterocycles. The first-order chi connectivity index (χ1) is 24.2. The van der Waals surface area contributed by atoms with Gasteiger partial charge >= 0.3 is 5.97 Å². The van der Waals surface area contributed by atoms with Crippen molar-refractivity contribution in [1.29, 1.82) is 0 Å². The molecule has 0 aromatic carbocycles. The van der Waals surface area contributed by atoms with Gasteiger partial charge in [-0.05, 0) is 88.9 Å². The van der Waals surface area contributed by atoms with E-state index in [4.69, 9.17) is 23.7 Å². The average Bonchev–Trinajstić information content (AvgIpc) is 3.55. The van der Waals surface area contributed by atoms with Crippen molar-refractivity contribution in [2.24, 2.45) is 29.1 Å². The monoisotopic (exact) mass is 711 g/mol. The van der Waals surface area contributed by atoms with Gasteiger partial charge in [-0.1, -0.05) is 45.1 Å². The van der Waals surface area contributed by atoms with Crippen LogP contribution in [0.2, 0.25) is 0 Å². The summed E-state index contributed by atoms with van der Waals surface area (Å²) in [6.45, 7) is 13.8. The molecule has 8 aliphatic rings. The fourth-order valence-corrected chi connectivity index (χ4v) is 11.4. The Balaban J connectivity index is 1.22. The lowest BCUT2D eigenvalue weighted by Gasteiger charge is -2.50. The van der Waals surface area contributed by atoms with Crippen LogP contribution in [0.5, 0.6) is 0 Å². The van der Waals surface area contributed by atoms with Crippen molar-refractivity contribution in [2.75, 3.05) is 6.54 Å². The number of rotatable bonds is 1. The Labute approximate surface area is 303 Å². The van der Waals surface area contributed by atoms with Gasteiger partial charge in [0.25, 0.3) is 0 Å². The van der Waals surface area contributed by atoms with Gasteiger partial charge in [0.1, 0.15) is 11.7 Å². The summed E-state index contributed by atoms with van der Waals surface area (Å²) in [6, 6.07) is 0. The predicted octanol–water partition coefficient (Wildman–Crippen LogP) is 6.26. The molecule has 10 nitrogen and oxygen atoms in total. The number of hydrogen-bond donors (Lipinski definition) is 4. The van der Waals surface area contributed by atoms with E-state index in [2.05, 4.69) is 38.7 Å². The van der Waals surface area contributed by atoms with E-state index in [1.165, 1.54) is 0 Å². The van der Waals surface area contributed by atoms with Crippen LogP contribution in [0.3, 0.4) is 0 Å². The number of hydrogen-bond acceptors (Lipinski definition) is 9. The van der Waals surface area contributed by atoms with E-state index in [-0.39, 0.29) is 24.0 Å². The minimum absolute atomic E-state index is 0.0764. The lowest BCUT2D eigenvalue weighted by molar-refractivity contribution is -0.403. The Morgan fingerprint density at radius 3 is 2.49 bits per heavy atom. The summed E-state index contributed by atoms with van der Waals surface area (Å²) in [7, 11) is 0. The summed E-state index contributed by atoms with van der Waals surface area (Å²) < 4.78 is 34.8. The van der Waals surface area contributed by atoms with Crippen LogP contribution in [0, 0.1) is 29.1 Å². The quantitative estimate of drug-likeness (QED) is 0.231. The van der Waals surface area contributed by atoms with Crippen LogP contribution in [0.25, 0.3) is 0 Å². The van der Waals surface area contributed by atoms with Gasteiger partial charge < -0.3 is 44.3 Å². The SMILES string of the molecule is C=C1CC/C=C2\NC[C@H](C)[C@@H](C)C[C@@]23CCC(C(=O)O)=C[C@@H]3[C@@H]2O[C@]3(C[C@H]4CCC[C@@]5(CC[C@@]6(O[C@@H](CC[C@@]6(C)O)C1)O5)O4)C[C@@H](C)[C@@H](O)[C@H]2O3. The Morgan fingerprint density at radius 1 is 0.882 bits per heavy atom. The zero-order valence-electron chi connectivity index (χ0n) is 31.2. The highest BCUT2D eigenvalue weighted by Gasteiger charge is 2.65.